The van der Waals surface area contributed by atoms with Crippen LogP contribution in [0.5, 0.6) is 0 Å². The maximum Gasteiger partial charge on any atom is 0.471 e. The SMILES string of the molecule is O=C(C[C@@H](NC(=O)C(F)(F)F)c1ccc(Cl)cc1)Nc1nc2ccccc2s1. The first-order valence-corrected chi connectivity index (χ1v) is 9.20. The topological polar surface area (TPSA) is 71.1 Å². The molecule has 5 nitrogen and oxygen atoms in total. The van der Waals surface area contributed by atoms with Crippen LogP contribution >= 0.6 is 22.9 Å². The number of aromatic nitrogens is 1. The molecule has 0 aliphatic carbocycles. The quantitative estimate of drug-likeness (QED) is 0.620. The van der Waals surface area contributed by atoms with Crippen LogP contribution in [0.15, 0.2) is 48.5 Å². The molecular weight excluding hydrogens is 415 g/mol. The first-order valence-electron chi connectivity index (χ1n) is 8.01. The third kappa shape index (κ3) is 4.99. The Morgan fingerprint density at radius 2 is 1.79 bits per heavy atom. The molecule has 3 aromatic rings. The van der Waals surface area contributed by atoms with Crippen LogP contribution in [0.1, 0.15) is 18.0 Å². The molecule has 2 amide bonds. The Bertz CT molecular complexity index is 972. The number of carbonyl (C=O) groups excluding carboxylic acids is 2. The molecule has 2 N–H and O–H groups in total. The standard InChI is InChI=1S/C18H13ClF3N3O2S/c19-11-7-5-10(6-8-11)13(23-16(27)18(20,21)22)9-15(26)25-17-24-12-3-1-2-4-14(12)28-17/h1-8,13H,9H2,(H,23,27)(H,24,25,26)/t13-/m1/s1. The van der Waals surface area contributed by atoms with Crippen LogP contribution in [0.2, 0.25) is 5.02 Å². The van der Waals surface area contributed by atoms with Crippen LogP contribution in [0, 0.1) is 0 Å². The summed E-state index contributed by atoms with van der Waals surface area (Å²) in [6, 6.07) is 11.9. The van der Waals surface area contributed by atoms with Gasteiger partial charge in [0, 0.05) is 5.02 Å². The summed E-state index contributed by atoms with van der Waals surface area (Å²) in [6.45, 7) is 0. The number of para-hydroxylation sites is 1. The summed E-state index contributed by atoms with van der Waals surface area (Å²) in [4.78, 5) is 28.0. The Balaban J connectivity index is 1.76. The van der Waals surface area contributed by atoms with Crippen LogP contribution in [0.25, 0.3) is 10.2 Å². The number of fused-ring (bicyclic) bond motifs is 1. The molecule has 10 heteroatoms. The zero-order chi connectivity index (χ0) is 20.3. The molecule has 0 saturated heterocycles. The minimum atomic E-state index is -5.06. The van der Waals surface area contributed by atoms with Gasteiger partial charge in [0.15, 0.2) is 5.13 Å². The Kier molecular flexibility index (Phi) is 5.85. The Labute approximate surface area is 166 Å². The van der Waals surface area contributed by atoms with E-state index in [0.29, 0.717) is 21.2 Å². The Morgan fingerprint density at radius 1 is 1.11 bits per heavy atom. The minimum absolute atomic E-state index is 0.321. The van der Waals surface area contributed by atoms with Crippen LogP contribution in [-0.4, -0.2) is 23.0 Å². The van der Waals surface area contributed by atoms with Gasteiger partial charge < -0.3 is 10.6 Å². The van der Waals surface area contributed by atoms with Gasteiger partial charge in [-0.05, 0) is 29.8 Å². The molecule has 0 saturated carbocycles. The Morgan fingerprint density at radius 3 is 2.43 bits per heavy atom. The van der Waals surface area contributed by atoms with E-state index >= 15 is 0 Å². The lowest BCUT2D eigenvalue weighted by molar-refractivity contribution is -0.174. The molecule has 0 unspecified atom stereocenters. The van der Waals surface area contributed by atoms with Crippen molar-refractivity contribution < 1.29 is 22.8 Å². The number of anilines is 1. The van der Waals surface area contributed by atoms with Crippen LogP contribution in [-0.2, 0) is 9.59 Å². The van der Waals surface area contributed by atoms with Crippen molar-refractivity contribution in [1.29, 1.82) is 0 Å². The molecule has 0 aliphatic rings. The molecule has 0 bridgehead atoms. The average Bonchev–Trinajstić information content (AvgIpc) is 3.03. The lowest BCUT2D eigenvalue weighted by Gasteiger charge is -2.19. The van der Waals surface area contributed by atoms with Crippen LogP contribution < -0.4 is 10.6 Å². The van der Waals surface area contributed by atoms with Crippen molar-refractivity contribution in [2.75, 3.05) is 5.32 Å². The second-order valence-corrected chi connectivity index (χ2v) is 7.28. The number of benzene rings is 2. The highest BCUT2D eigenvalue weighted by molar-refractivity contribution is 7.22. The number of carbonyl (C=O) groups is 2. The molecule has 0 aliphatic heterocycles. The fraction of sp³-hybridized carbons (Fsp3) is 0.167. The number of rotatable bonds is 5. The van der Waals surface area contributed by atoms with Gasteiger partial charge in [-0.2, -0.15) is 13.2 Å². The monoisotopic (exact) mass is 427 g/mol. The minimum Gasteiger partial charge on any atom is -0.341 e. The summed E-state index contributed by atoms with van der Waals surface area (Å²) in [6.07, 6.45) is -5.46. The summed E-state index contributed by atoms with van der Waals surface area (Å²) < 4.78 is 38.8. The summed E-state index contributed by atoms with van der Waals surface area (Å²) in [5.74, 6) is -2.71. The molecule has 1 aromatic heterocycles. The van der Waals surface area contributed by atoms with Gasteiger partial charge in [0.1, 0.15) is 0 Å². The van der Waals surface area contributed by atoms with E-state index < -0.39 is 30.5 Å². The van der Waals surface area contributed by atoms with E-state index in [1.165, 1.54) is 35.6 Å². The number of nitrogens with zero attached hydrogens (tertiary/aromatic N) is 1. The van der Waals surface area contributed by atoms with E-state index in [1.54, 1.807) is 12.1 Å². The predicted molar refractivity (Wildman–Crippen MR) is 101 cm³/mol. The Hall–Kier alpha value is -2.65. The van der Waals surface area contributed by atoms with Crippen molar-refractivity contribution in [3.05, 3.63) is 59.1 Å². The number of hydrogen-bond acceptors (Lipinski definition) is 4. The highest BCUT2D eigenvalue weighted by atomic mass is 35.5. The van der Waals surface area contributed by atoms with Gasteiger partial charge in [-0.15, -0.1) is 0 Å². The zero-order valence-electron chi connectivity index (χ0n) is 14.1. The molecule has 3 rings (SSSR count). The number of halogens is 4. The van der Waals surface area contributed by atoms with E-state index in [4.69, 9.17) is 11.6 Å². The lowest BCUT2D eigenvalue weighted by atomic mass is 10.0. The lowest BCUT2D eigenvalue weighted by Crippen LogP contribution is -2.40. The molecule has 0 fully saturated rings. The summed E-state index contributed by atoms with van der Waals surface area (Å²) in [5.41, 5.74) is 1.02. The third-order valence-corrected chi connectivity index (χ3v) is 4.97. The van der Waals surface area contributed by atoms with Gasteiger partial charge in [-0.1, -0.05) is 47.2 Å². The first kappa shape index (κ1) is 20.1. The maximum atomic E-state index is 12.6. The number of hydrogen-bond donors (Lipinski definition) is 2. The summed E-state index contributed by atoms with van der Waals surface area (Å²) >= 11 is 7.03. The highest BCUT2D eigenvalue weighted by Gasteiger charge is 2.40. The molecule has 146 valence electrons. The molecule has 1 atom stereocenters. The van der Waals surface area contributed by atoms with E-state index in [9.17, 15) is 22.8 Å². The number of amides is 2. The van der Waals surface area contributed by atoms with Crippen LogP contribution in [0.4, 0.5) is 18.3 Å². The molecule has 0 spiro atoms. The highest BCUT2D eigenvalue weighted by Crippen LogP contribution is 2.27. The molecule has 1 heterocycles. The van der Waals surface area contributed by atoms with Gasteiger partial charge in [0.05, 0.1) is 22.7 Å². The fourth-order valence-corrected chi connectivity index (χ4v) is 3.48. The van der Waals surface area contributed by atoms with Crippen molar-refractivity contribution in [2.45, 2.75) is 18.6 Å². The van der Waals surface area contributed by atoms with E-state index in [0.717, 1.165) is 4.70 Å². The molecule has 2 aromatic carbocycles. The average molecular weight is 428 g/mol. The number of alkyl halides is 3. The van der Waals surface area contributed by atoms with Crippen molar-refractivity contribution in [3.8, 4) is 0 Å². The summed E-state index contributed by atoms with van der Waals surface area (Å²) in [7, 11) is 0. The van der Waals surface area contributed by atoms with Crippen molar-refractivity contribution in [3.63, 3.8) is 0 Å². The predicted octanol–water partition coefficient (Wildman–Crippen LogP) is 4.70. The smallest absolute Gasteiger partial charge is 0.341 e. The molecule has 0 radical (unpaired) electrons. The van der Waals surface area contributed by atoms with Crippen molar-refractivity contribution in [1.82, 2.24) is 10.3 Å². The zero-order valence-corrected chi connectivity index (χ0v) is 15.7. The van der Waals surface area contributed by atoms with E-state index in [2.05, 4.69) is 10.3 Å². The summed E-state index contributed by atoms with van der Waals surface area (Å²) in [5, 5.41) is 5.12. The van der Waals surface area contributed by atoms with Gasteiger partial charge in [-0.25, -0.2) is 4.98 Å². The van der Waals surface area contributed by atoms with Crippen LogP contribution in [0.3, 0.4) is 0 Å². The second kappa shape index (κ2) is 8.15. The normalized spacial score (nSPS) is 12.6. The maximum absolute atomic E-state index is 12.6. The van der Waals surface area contributed by atoms with Gasteiger partial charge in [0.2, 0.25) is 5.91 Å². The number of thiazole rings is 1. The largest absolute Gasteiger partial charge is 0.471 e. The van der Waals surface area contributed by atoms with Gasteiger partial charge >= 0.3 is 12.1 Å². The van der Waals surface area contributed by atoms with Gasteiger partial charge in [0.25, 0.3) is 0 Å². The van der Waals surface area contributed by atoms with Crippen molar-refractivity contribution >= 4 is 50.1 Å². The molecular formula is C18H13ClF3N3O2S. The fourth-order valence-electron chi connectivity index (χ4n) is 2.47. The van der Waals surface area contributed by atoms with E-state index in [-0.39, 0.29) is 0 Å². The van der Waals surface area contributed by atoms with Crippen molar-refractivity contribution in [2.24, 2.45) is 0 Å². The first-order chi connectivity index (χ1) is 13.2. The van der Waals surface area contributed by atoms with Gasteiger partial charge in [-0.3, -0.25) is 9.59 Å². The second-order valence-electron chi connectivity index (χ2n) is 5.81. The molecule has 28 heavy (non-hydrogen) atoms. The number of nitrogens with one attached hydrogen (secondary N) is 2. The third-order valence-electron chi connectivity index (χ3n) is 3.76. The van der Waals surface area contributed by atoms with E-state index in [1.807, 2.05) is 17.4 Å².